The molecule has 1 amide bonds. The Morgan fingerprint density at radius 1 is 1.25 bits per heavy atom. The number of primary sulfonamides is 1. The third-order valence-electron chi connectivity index (χ3n) is 2.14. The van der Waals surface area contributed by atoms with Crippen molar-refractivity contribution in [3.63, 3.8) is 0 Å². The van der Waals surface area contributed by atoms with Gasteiger partial charge in [-0.25, -0.2) is 13.6 Å². The maximum atomic E-state index is 11.6. The van der Waals surface area contributed by atoms with E-state index in [0.29, 0.717) is 0 Å². The average molecular weight is 335 g/mol. The van der Waals surface area contributed by atoms with Gasteiger partial charge in [0.15, 0.2) is 0 Å². The highest BCUT2D eigenvalue weighted by molar-refractivity contribution is 7.89. The summed E-state index contributed by atoms with van der Waals surface area (Å²) in [6.45, 7) is 1.81. The molecule has 0 bridgehead atoms. The number of allylic oxidation sites excluding steroid dienone is 3. The number of benzene rings is 1. The molecule has 0 unspecified atom stereocenters. The maximum Gasteiger partial charge on any atom is 0.248 e. The number of hydrogen-bond acceptors (Lipinski definition) is 3. The highest BCUT2D eigenvalue weighted by Gasteiger charge is 2.15. The van der Waals surface area contributed by atoms with E-state index in [1.807, 2.05) is 6.92 Å². The van der Waals surface area contributed by atoms with Crippen LogP contribution in [0.3, 0.4) is 0 Å². The van der Waals surface area contributed by atoms with E-state index >= 15 is 0 Å². The topological polar surface area (TPSA) is 89.3 Å². The highest BCUT2D eigenvalue weighted by atomic mass is 35.5. The zero-order valence-electron chi connectivity index (χ0n) is 10.4. The molecule has 0 aromatic heterocycles. The molecule has 1 rings (SSSR count). The van der Waals surface area contributed by atoms with Gasteiger partial charge in [-0.3, -0.25) is 4.79 Å². The molecule has 0 saturated heterocycles. The lowest BCUT2D eigenvalue weighted by molar-refractivity contribution is -0.111. The van der Waals surface area contributed by atoms with Crippen LogP contribution in [0.5, 0.6) is 0 Å². The number of halogens is 2. The Kier molecular flexibility index (Phi) is 5.76. The molecule has 3 N–H and O–H groups in total. The van der Waals surface area contributed by atoms with Gasteiger partial charge in [-0.05, 0) is 19.1 Å². The summed E-state index contributed by atoms with van der Waals surface area (Å²) < 4.78 is 22.4. The Balaban J connectivity index is 3.07. The monoisotopic (exact) mass is 334 g/mol. The average Bonchev–Trinajstić information content (AvgIpc) is 2.32. The SMILES string of the molecule is C/C=C/C=C/C(=O)Nc1c(Cl)cc(S(N)(=O)=O)cc1Cl. The second kappa shape index (κ2) is 6.90. The van der Waals surface area contributed by atoms with Gasteiger partial charge in [0.2, 0.25) is 15.9 Å². The summed E-state index contributed by atoms with van der Waals surface area (Å²) in [4.78, 5) is 11.4. The number of carbonyl (C=O) groups is 1. The Morgan fingerprint density at radius 2 is 1.80 bits per heavy atom. The minimum absolute atomic E-state index is 0.0192. The van der Waals surface area contributed by atoms with Gasteiger partial charge >= 0.3 is 0 Å². The molecule has 0 aliphatic rings. The van der Waals surface area contributed by atoms with Crippen molar-refractivity contribution in [1.82, 2.24) is 0 Å². The van der Waals surface area contributed by atoms with Crippen LogP contribution in [0, 0.1) is 0 Å². The first-order chi connectivity index (χ1) is 9.25. The number of carbonyl (C=O) groups excluding carboxylic acids is 1. The van der Waals surface area contributed by atoms with Crippen LogP contribution in [-0.4, -0.2) is 14.3 Å². The fourth-order valence-corrected chi connectivity index (χ4v) is 2.53. The molecule has 108 valence electrons. The molecule has 0 heterocycles. The smallest absolute Gasteiger partial charge is 0.248 e. The number of nitrogens with one attached hydrogen (secondary N) is 1. The molecule has 5 nitrogen and oxygen atoms in total. The third kappa shape index (κ3) is 4.64. The molecule has 0 atom stereocenters. The van der Waals surface area contributed by atoms with E-state index in [1.165, 1.54) is 12.2 Å². The van der Waals surface area contributed by atoms with Crippen LogP contribution in [0.4, 0.5) is 5.69 Å². The molecule has 0 aliphatic heterocycles. The van der Waals surface area contributed by atoms with Crippen molar-refractivity contribution in [3.8, 4) is 0 Å². The first-order valence-corrected chi connectivity index (χ1v) is 7.68. The van der Waals surface area contributed by atoms with Crippen LogP contribution in [0.2, 0.25) is 10.0 Å². The van der Waals surface area contributed by atoms with Gasteiger partial charge < -0.3 is 5.32 Å². The largest absolute Gasteiger partial charge is 0.320 e. The standard InChI is InChI=1S/C12H12Cl2N2O3S/c1-2-3-4-5-11(17)16-12-9(13)6-8(7-10(12)14)20(15,18)19/h2-7H,1H3,(H,16,17)(H2,15,18,19)/b3-2+,5-4+. The summed E-state index contributed by atoms with van der Waals surface area (Å²) in [5, 5.41) is 7.39. The van der Waals surface area contributed by atoms with Gasteiger partial charge in [0.05, 0.1) is 20.6 Å². The quantitative estimate of drug-likeness (QED) is 0.655. The molecule has 1 aromatic carbocycles. The Bertz CT molecular complexity index is 659. The van der Waals surface area contributed by atoms with Crippen molar-refractivity contribution < 1.29 is 13.2 Å². The minimum Gasteiger partial charge on any atom is -0.320 e. The van der Waals surface area contributed by atoms with Crippen LogP contribution >= 0.6 is 23.2 Å². The first kappa shape index (κ1) is 16.7. The molecule has 20 heavy (non-hydrogen) atoms. The number of hydrogen-bond donors (Lipinski definition) is 2. The van der Waals surface area contributed by atoms with Gasteiger partial charge in [-0.2, -0.15) is 0 Å². The van der Waals surface area contributed by atoms with E-state index in [9.17, 15) is 13.2 Å². The Hall–Kier alpha value is -1.34. The molecule has 8 heteroatoms. The summed E-state index contributed by atoms with van der Waals surface area (Å²) in [7, 11) is -3.92. The normalized spacial score (nSPS) is 12.2. The van der Waals surface area contributed by atoms with Gasteiger partial charge in [0, 0.05) is 6.08 Å². The fraction of sp³-hybridized carbons (Fsp3) is 0.0833. The second-order valence-electron chi connectivity index (χ2n) is 3.68. The predicted octanol–water partition coefficient (Wildman–Crippen LogP) is 2.71. The number of anilines is 1. The van der Waals surface area contributed by atoms with Gasteiger partial charge in [-0.1, -0.05) is 41.4 Å². The second-order valence-corrected chi connectivity index (χ2v) is 6.06. The lowest BCUT2D eigenvalue weighted by Gasteiger charge is -2.09. The zero-order valence-corrected chi connectivity index (χ0v) is 12.8. The summed E-state index contributed by atoms with van der Waals surface area (Å²) in [6, 6.07) is 2.24. The van der Waals surface area contributed by atoms with Gasteiger partial charge in [0.25, 0.3) is 0 Å². The highest BCUT2D eigenvalue weighted by Crippen LogP contribution is 2.33. The molecule has 0 spiro atoms. The zero-order chi connectivity index (χ0) is 15.3. The van der Waals surface area contributed by atoms with E-state index in [0.717, 1.165) is 12.1 Å². The molecular weight excluding hydrogens is 323 g/mol. The van der Waals surface area contributed by atoms with E-state index in [4.69, 9.17) is 28.3 Å². The van der Waals surface area contributed by atoms with Crippen LogP contribution in [0.25, 0.3) is 0 Å². The summed E-state index contributed by atoms with van der Waals surface area (Å²) >= 11 is 11.8. The number of nitrogens with two attached hydrogens (primary N) is 1. The summed E-state index contributed by atoms with van der Waals surface area (Å²) in [5.41, 5.74) is 0.121. The number of amides is 1. The Labute approximate surface area is 127 Å². The van der Waals surface area contributed by atoms with Crippen LogP contribution in [0.1, 0.15) is 6.92 Å². The summed E-state index contributed by atoms with van der Waals surface area (Å²) in [5.74, 6) is -0.449. The molecule has 0 fully saturated rings. The minimum atomic E-state index is -3.92. The molecular formula is C12H12Cl2N2O3S. The van der Waals surface area contributed by atoms with E-state index in [-0.39, 0.29) is 20.6 Å². The van der Waals surface area contributed by atoms with Gasteiger partial charge in [-0.15, -0.1) is 0 Å². The molecule has 0 saturated carbocycles. The van der Waals surface area contributed by atoms with Crippen molar-refractivity contribution in [2.24, 2.45) is 5.14 Å². The predicted molar refractivity (Wildman–Crippen MR) is 80.4 cm³/mol. The molecule has 0 aliphatic carbocycles. The summed E-state index contributed by atoms with van der Waals surface area (Å²) in [6.07, 6.45) is 6.24. The first-order valence-electron chi connectivity index (χ1n) is 5.38. The lowest BCUT2D eigenvalue weighted by atomic mass is 10.3. The van der Waals surface area contributed by atoms with Crippen LogP contribution < -0.4 is 10.5 Å². The van der Waals surface area contributed by atoms with Crippen molar-refractivity contribution >= 4 is 44.8 Å². The van der Waals surface area contributed by atoms with Crippen LogP contribution in [0.15, 0.2) is 41.3 Å². The maximum absolute atomic E-state index is 11.6. The van der Waals surface area contributed by atoms with Crippen molar-refractivity contribution in [3.05, 3.63) is 46.5 Å². The fourth-order valence-electron chi connectivity index (χ4n) is 1.25. The van der Waals surface area contributed by atoms with E-state index < -0.39 is 15.9 Å². The molecule has 1 aromatic rings. The lowest BCUT2D eigenvalue weighted by Crippen LogP contribution is -2.13. The van der Waals surface area contributed by atoms with Crippen molar-refractivity contribution in [2.45, 2.75) is 11.8 Å². The van der Waals surface area contributed by atoms with E-state index in [1.54, 1.807) is 12.2 Å². The number of sulfonamides is 1. The van der Waals surface area contributed by atoms with Crippen molar-refractivity contribution in [1.29, 1.82) is 0 Å². The number of rotatable bonds is 4. The Morgan fingerprint density at radius 3 is 2.25 bits per heavy atom. The third-order valence-corrected chi connectivity index (χ3v) is 3.63. The van der Waals surface area contributed by atoms with Gasteiger partial charge in [0.1, 0.15) is 0 Å². The van der Waals surface area contributed by atoms with E-state index in [2.05, 4.69) is 5.32 Å². The van der Waals surface area contributed by atoms with Crippen LogP contribution in [-0.2, 0) is 14.8 Å². The van der Waals surface area contributed by atoms with Crippen molar-refractivity contribution in [2.75, 3.05) is 5.32 Å². The molecule has 0 radical (unpaired) electrons.